The molecule has 0 saturated heterocycles. The summed E-state index contributed by atoms with van der Waals surface area (Å²) < 4.78 is 0. The molecule has 2 amide bonds. The number of nitrogens with two attached hydrogens (primary N) is 1. The van der Waals surface area contributed by atoms with Crippen LogP contribution < -0.4 is 16.4 Å². The van der Waals surface area contributed by atoms with Crippen molar-refractivity contribution in [3.8, 4) is 0 Å². The Kier molecular flexibility index (Phi) is 8.47. The van der Waals surface area contributed by atoms with Gasteiger partial charge in [-0.2, -0.15) is 0 Å². The van der Waals surface area contributed by atoms with Crippen molar-refractivity contribution in [2.75, 3.05) is 6.54 Å². The van der Waals surface area contributed by atoms with E-state index in [0.717, 1.165) is 24.8 Å². The Labute approximate surface area is 145 Å². The first-order valence-electron chi connectivity index (χ1n) is 8.84. The molecule has 0 fully saturated rings. The summed E-state index contributed by atoms with van der Waals surface area (Å²) in [6, 6.07) is 9.00. The fourth-order valence-corrected chi connectivity index (χ4v) is 2.47. The number of carbonyl (C=O) groups excluding carboxylic acids is 2. The molecule has 5 nitrogen and oxygen atoms in total. The Morgan fingerprint density at radius 2 is 1.75 bits per heavy atom. The minimum atomic E-state index is -0.510. The fourth-order valence-electron chi connectivity index (χ4n) is 2.47. The lowest BCUT2D eigenvalue weighted by Crippen LogP contribution is -2.54. The molecule has 0 bridgehead atoms. The Balaban J connectivity index is 2.58. The summed E-state index contributed by atoms with van der Waals surface area (Å²) in [7, 11) is 0. The van der Waals surface area contributed by atoms with Crippen LogP contribution >= 0.6 is 0 Å². The summed E-state index contributed by atoms with van der Waals surface area (Å²) >= 11 is 0. The van der Waals surface area contributed by atoms with Gasteiger partial charge in [-0.15, -0.1) is 0 Å². The van der Waals surface area contributed by atoms with Crippen LogP contribution in [0.2, 0.25) is 0 Å². The van der Waals surface area contributed by atoms with Gasteiger partial charge in [-0.05, 0) is 24.8 Å². The third-order valence-electron chi connectivity index (χ3n) is 4.46. The molecule has 0 aliphatic rings. The van der Waals surface area contributed by atoms with Crippen molar-refractivity contribution in [3.05, 3.63) is 35.9 Å². The molecule has 1 rings (SSSR count). The Morgan fingerprint density at radius 3 is 2.29 bits per heavy atom. The van der Waals surface area contributed by atoms with E-state index in [1.165, 1.54) is 0 Å². The van der Waals surface area contributed by atoms with E-state index in [4.69, 9.17) is 5.73 Å². The van der Waals surface area contributed by atoms with Crippen LogP contribution in [0.15, 0.2) is 30.3 Å². The highest BCUT2D eigenvalue weighted by Crippen LogP contribution is 2.10. The van der Waals surface area contributed by atoms with Crippen molar-refractivity contribution in [2.24, 2.45) is 5.73 Å². The average molecular weight is 333 g/mol. The molecule has 0 heterocycles. The van der Waals surface area contributed by atoms with Gasteiger partial charge in [0.2, 0.25) is 11.8 Å². The Morgan fingerprint density at radius 1 is 1.12 bits per heavy atom. The summed E-state index contributed by atoms with van der Waals surface area (Å²) in [5.41, 5.74) is 6.77. The maximum Gasteiger partial charge on any atom is 0.242 e. The van der Waals surface area contributed by atoms with Gasteiger partial charge in [0.05, 0.1) is 6.42 Å². The van der Waals surface area contributed by atoms with Gasteiger partial charge in [-0.3, -0.25) is 9.59 Å². The van der Waals surface area contributed by atoms with E-state index in [0.29, 0.717) is 13.0 Å². The van der Waals surface area contributed by atoms with E-state index in [2.05, 4.69) is 10.6 Å². The minimum Gasteiger partial charge on any atom is -0.352 e. The Bertz CT molecular complexity index is 513. The molecule has 0 aliphatic heterocycles. The van der Waals surface area contributed by atoms with E-state index in [1.807, 2.05) is 51.1 Å². The molecule has 0 aromatic heterocycles. The monoisotopic (exact) mass is 333 g/mol. The van der Waals surface area contributed by atoms with E-state index in [1.54, 1.807) is 0 Å². The zero-order valence-corrected chi connectivity index (χ0v) is 15.1. The molecule has 1 atom stereocenters. The largest absolute Gasteiger partial charge is 0.352 e. The van der Waals surface area contributed by atoms with Gasteiger partial charge in [0.1, 0.15) is 6.04 Å². The number of rotatable bonds is 10. The van der Waals surface area contributed by atoms with Crippen LogP contribution in [0, 0.1) is 0 Å². The van der Waals surface area contributed by atoms with Gasteiger partial charge in [0, 0.05) is 12.1 Å². The van der Waals surface area contributed by atoms with E-state index in [-0.39, 0.29) is 23.8 Å². The quantitative estimate of drug-likeness (QED) is 0.613. The average Bonchev–Trinajstić information content (AvgIpc) is 2.59. The van der Waals surface area contributed by atoms with Gasteiger partial charge in [-0.25, -0.2) is 0 Å². The molecule has 0 radical (unpaired) electrons. The lowest BCUT2D eigenvalue weighted by molar-refractivity contribution is -0.129. The highest BCUT2D eigenvalue weighted by Gasteiger charge is 2.24. The molecule has 134 valence electrons. The number of amides is 2. The number of hydrogen-bond donors (Lipinski definition) is 3. The van der Waals surface area contributed by atoms with Gasteiger partial charge in [0.25, 0.3) is 0 Å². The van der Waals surface area contributed by atoms with Crippen molar-refractivity contribution in [3.63, 3.8) is 0 Å². The standard InChI is InChI=1S/C19H31N3O2/c1-4-10-16(18(24)21-14-19(20,5-2)6-3)22-17(23)13-15-11-8-7-9-12-15/h7-9,11-12,16H,4-6,10,13-14,20H2,1-3H3,(H,21,24)(H,22,23). The summed E-state index contributed by atoms with van der Waals surface area (Å²) in [5, 5.41) is 5.75. The second-order valence-electron chi connectivity index (χ2n) is 6.36. The second-order valence-corrected chi connectivity index (χ2v) is 6.36. The summed E-state index contributed by atoms with van der Waals surface area (Å²) in [4.78, 5) is 24.6. The lowest BCUT2D eigenvalue weighted by atomic mass is 9.94. The molecule has 0 spiro atoms. The predicted molar refractivity (Wildman–Crippen MR) is 97.5 cm³/mol. The van der Waals surface area contributed by atoms with Crippen LogP contribution in [-0.4, -0.2) is 29.9 Å². The zero-order valence-electron chi connectivity index (χ0n) is 15.1. The first-order chi connectivity index (χ1) is 11.4. The van der Waals surface area contributed by atoms with E-state index in [9.17, 15) is 9.59 Å². The van der Waals surface area contributed by atoms with Gasteiger partial charge < -0.3 is 16.4 Å². The molecule has 4 N–H and O–H groups in total. The van der Waals surface area contributed by atoms with E-state index >= 15 is 0 Å². The van der Waals surface area contributed by atoms with Crippen molar-refractivity contribution >= 4 is 11.8 Å². The lowest BCUT2D eigenvalue weighted by Gasteiger charge is -2.28. The second kappa shape index (κ2) is 10.1. The van der Waals surface area contributed by atoms with Gasteiger partial charge in [0.15, 0.2) is 0 Å². The normalized spacial score (nSPS) is 12.5. The molecule has 24 heavy (non-hydrogen) atoms. The van der Waals surface area contributed by atoms with E-state index < -0.39 is 6.04 Å². The van der Waals surface area contributed by atoms with Crippen molar-refractivity contribution in [2.45, 2.75) is 64.5 Å². The third-order valence-corrected chi connectivity index (χ3v) is 4.46. The minimum absolute atomic E-state index is 0.139. The van der Waals surface area contributed by atoms with Crippen LogP contribution in [0.3, 0.4) is 0 Å². The van der Waals surface area contributed by atoms with Gasteiger partial charge in [-0.1, -0.05) is 57.5 Å². The molecule has 0 aliphatic carbocycles. The van der Waals surface area contributed by atoms with Crippen LogP contribution in [0.4, 0.5) is 0 Å². The van der Waals surface area contributed by atoms with Crippen molar-refractivity contribution in [1.29, 1.82) is 0 Å². The van der Waals surface area contributed by atoms with Crippen LogP contribution in [0.1, 0.15) is 52.0 Å². The molecule has 5 heteroatoms. The van der Waals surface area contributed by atoms with Crippen LogP contribution in [0.25, 0.3) is 0 Å². The van der Waals surface area contributed by atoms with Gasteiger partial charge >= 0.3 is 0 Å². The first-order valence-corrected chi connectivity index (χ1v) is 8.84. The number of carbonyl (C=O) groups is 2. The number of nitrogens with one attached hydrogen (secondary N) is 2. The molecule has 1 aromatic rings. The zero-order chi connectivity index (χ0) is 18.0. The number of benzene rings is 1. The summed E-state index contributed by atoms with van der Waals surface area (Å²) in [5.74, 6) is -0.296. The number of hydrogen-bond acceptors (Lipinski definition) is 3. The van der Waals surface area contributed by atoms with Crippen LogP contribution in [-0.2, 0) is 16.0 Å². The molecular weight excluding hydrogens is 302 g/mol. The smallest absolute Gasteiger partial charge is 0.242 e. The first kappa shape index (κ1) is 20.2. The highest BCUT2D eigenvalue weighted by atomic mass is 16.2. The molecule has 0 saturated carbocycles. The summed E-state index contributed by atoms with van der Waals surface area (Å²) in [6.07, 6.45) is 3.30. The maximum absolute atomic E-state index is 12.4. The van der Waals surface area contributed by atoms with Crippen LogP contribution in [0.5, 0.6) is 0 Å². The predicted octanol–water partition coefficient (Wildman–Crippen LogP) is 2.15. The van der Waals surface area contributed by atoms with Crippen molar-refractivity contribution < 1.29 is 9.59 Å². The highest BCUT2D eigenvalue weighted by molar-refractivity contribution is 5.88. The summed E-state index contributed by atoms with van der Waals surface area (Å²) in [6.45, 7) is 6.45. The maximum atomic E-state index is 12.4. The van der Waals surface area contributed by atoms with Crippen molar-refractivity contribution in [1.82, 2.24) is 10.6 Å². The molecule has 1 unspecified atom stereocenters. The molecule has 1 aromatic carbocycles. The topological polar surface area (TPSA) is 84.2 Å². The molecular formula is C19H31N3O2. The fraction of sp³-hybridized carbons (Fsp3) is 0.579. The third kappa shape index (κ3) is 6.71. The SMILES string of the molecule is CCCC(NC(=O)Cc1ccccc1)C(=O)NCC(N)(CC)CC. The Hall–Kier alpha value is -1.88.